The number of nitrogens with zero attached hydrogens (tertiary/aromatic N) is 1. The molecule has 2 atom stereocenters. The predicted octanol–water partition coefficient (Wildman–Crippen LogP) is 3.44. The fourth-order valence-corrected chi connectivity index (χ4v) is 3.09. The first-order valence-electron chi connectivity index (χ1n) is 7.50. The summed E-state index contributed by atoms with van der Waals surface area (Å²) in [6.07, 6.45) is 3.71. The van der Waals surface area contributed by atoms with Gasteiger partial charge in [-0.15, -0.1) is 0 Å². The summed E-state index contributed by atoms with van der Waals surface area (Å²) >= 11 is 0. The second-order valence-corrected chi connectivity index (χ2v) is 5.42. The maximum Gasteiger partial charge on any atom is 0.122 e. The van der Waals surface area contributed by atoms with Crippen LogP contribution in [0.5, 0.6) is 5.75 Å². The molecule has 0 amide bonds. The number of hydrogen-bond donors (Lipinski definition) is 2. The third-order valence-electron chi connectivity index (χ3n) is 4.17. The van der Waals surface area contributed by atoms with Crippen LogP contribution in [0.1, 0.15) is 51.6 Å². The summed E-state index contributed by atoms with van der Waals surface area (Å²) in [5.41, 5.74) is 2.15. The lowest BCUT2D eigenvalue weighted by Crippen LogP contribution is -2.28. The van der Waals surface area contributed by atoms with Gasteiger partial charge in [-0.1, -0.05) is 19.9 Å². The molecule has 1 heterocycles. The van der Waals surface area contributed by atoms with Crippen LogP contribution < -0.4 is 10.2 Å². The second-order valence-electron chi connectivity index (χ2n) is 5.42. The molecule has 0 aromatic heterocycles. The summed E-state index contributed by atoms with van der Waals surface area (Å²) in [6, 6.07) is 6.97. The summed E-state index contributed by atoms with van der Waals surface area (Å²) in [5, 5.41) is 13.6. The number of phenols is 1. The van der Waals surface area contributed by atoms with Crippen molar-refractivity contribution in [3.63, 3.8) is 0 Å². The fourth-order valence-electron chi connectivity index (χ4n) is 3.09. The van der Waals surface area contributed by atoms with E-state index < -0.39 is 0 Å². The molecule has 1 aromatic carbocycles. The van der Waals surface area contributed by atoms with Crippen LogP contribution in [0, 0.1) is 0 Å². The Bertz CT molecular complexity index is 419. The summed E-state index contributed by atoms with van der Waals surface area (Å²) in [5.74, 6) is 0.410. The molecule has 3 nitrogen and oxygen atoms in total. The van der Waals surface area contributed by atoms with Crippen molar-refractivity contribution in [3.8, 4) is 5.75 Å². The average molecular weight is 262 g/mol. The van der Waals surface area contributed by atoms with Crippen LogP contribution in [-0.2, 0) is 0 Å². The first kappa shape index (κ1) is 14.2. The van der Waals surface area contributed by atoms with Gasteiger partial charge in [-0.25, -0.2) is 0 Å². The molecule has 0 radical (unpaired) electrons. The number of nitrogens with one attached hydrogen (secondary N) is 1. The first-order chi connectivity index (χ1) is 9.17. The van der Waals surface area contributed by atoms with E-state index in [1.54, 1.807) is 0 Å². The van der Waals surface area contributed by atoms with Gasteiger partial charge in [0.15, 0.2) is 0 Å². The van der Waals surface area contributed by atoms with E-state index in [2.05, 4.69) is 43.1 Å². The standard InChI is InChI=1S/C16H26N2O/c1-4-13-7-6-10-18(13)14-8-9-15(16(19)11-14)12(3)17-5-2/h8-9,11-13,17,19H,4-7,10H2,1-3H3. The Balaban J connectivity index is 2.18. The van der Waals surface area contributed by atoms with Gasteiger partial charge in [-0.2, -0.15) is 0 Å². The molecule has 3 heteroatoms. The average Bonchev–Trinajstić information content (AvgIpc) is 2.87. The molecule has 106 valence electrons. The third-order valence-corrected chi connectivity index (χ3v) is 4.17. The summed E-state index contributed by atoms with van der Waals surface area (Å²) in [4.78, 5) is 2.43. The zero-order valence-electron chi connectivity index (χ0n) is 12.3. The van der Waals surface area contributed by atoms with E-state index in [-0.39, 0.29) is 6.04 Å². The van der Waals surface area contributed by atoms with Gasteiger partial charge in [0.1, 0.15) is 5.75 Å². The van der Waals surface area contributed by atoms with E-state index in [4.69, 9.17) is 0 Å². The van der Waals surface area contributed by atoms with Crippen molar-refractivity contribution in [2.45, 2.75) is 52.1 Å². The molecule has 19 heavy (non-hydrogen) atoms. The topological polar surface area (TPSA) is 35.5 Å². The lowest BCUT2D eigenvalue weighted by atomic mass is 10.1. The molecular formula is C16H26N2O. The van der Waals surface area contributed by atoms with Crippen LogP contribution in [0.25, 0.3) is 0 Å². The van der Waals surface area contributed by atoms with Crippen molar-refractivity contribution in [1.82, 2.24) is 5.32 Å². The van der Waals surface area contributed by atoms with Crippen molar-refractivity contribution in [3.05, 3.63) is 23.8 Å². The van der Waals surface area contributed by atoms with Gasteiger partial charge < -0.3 is 15.3 Å². The van der Waals surface area contributed by atoms with Gasteiger partial charge in [0, 0.05) is 35.9 Å². The normalized spacial score (nSPS) is 20.8. The maximum atomic E-state index is 10.2. The van der Waals surface area contributed by atoms with Gasteiger partial charge in [0.25, 0.3) is 0 Å². The Labute approximate surface area is 116 Å². The molecule has 2 N–H and O–H groups in total. The number of hydrogen-bond acceptors (Lipinski definition) is 3. The van der Waals surface area contributed by atoms with E-state index in [1.165, 1.54) is 19.3 Å². The summed E-state index contributed by atoms with van der Waals surface area (Å²) in [6.45, 7) is 8.43. The molecule has 2 rings (SSSR count). The van der Waals surface area contributed by atoms with E-state index in [0.717, 1.165) is 24.3 Å². The van der Waals surface area contributed by atoms with Crippen LogP contribution in [0.2, 0.25) is 0 Å². The van der Waals surface area contributed by atoms with Gasteiger partial charge >= 0.3 is 0 Å². The largest absolute Gasteiger partial charge is 0.508 e. The minimum atomic E-state index is 0.194. The summed E-state index contributed by atoms with van der Waals surface area (Å²) in [7, 11) is 0. The number of phenolic OH excluding ortho intramolecular Hbond substituents is 1. The molecule has 0 aliphatic carbocycles. The number of aromatic hydroxyl groups is 1. The van der Waals surface area contributed by atoms with E-state index in [1.807, 2.05) is 6.07 Å². The Kier molecular flexibility index (Phi) is 4.70. The van der Waals surface area contributed by atoms with Crippen molar-refractivity contribution in [2.75, 3.05) is 18.0 Å². The lowest BCUT2D eigenvalue weighted by molar-refractivity contribution is 0.454. The molecular weight excluding hydrogens is 236 g/mol. The van der Waals surface area contributed by atoms with Crippen LogP contribution in [-0.4, -0.2) is 24.2 Å². The molecule has 1 aromatic rings. The number of anilines is 1. The minimum Gasteiger partial charge on any atom is -0.508 e. The highest BCUT2D eigenvalue weighted by molar-refractivity contribution is 5.55. The second kappa shape index (κ2) is 6.29. The molecule has 2 unspecified atom stereocenters. The Morgan fingerprint density at radius 1 is 1.42 bits per heavy atom. The summed E-state index contributed by atoms with van der Waals surface area (Å²) < 4.78 is 0. The highest BCUT2D eigenvalue weighted by Gasteiger charge is 2.23. The van der Waals surface area contributed by atoms with Gasteiger partial charge in [-0.05, 0) is 38.8 Å². The highest BCUT2D eigenvalue weighted by Crippen LogP contribution is 2.33. The van der Waals surface area contributed by atoms with Crippen molar-refractivity contribution >= 4 is 5.69 Å². The van der Waals surface area contributed by atoms with Crippen molar-refractivity contribution in [1.29, 1.82) is 0 Å². The highest BCUT2D eigenvalue weighted by atomic mass is 16.3. The van der Waals surface area contributed by atoms with Gasteiger partial charge in [0.05, 0.1) is 0 Å². The van der Waals surface area contributed by atoms with Crippen LogP contribution >= 0.6 is 0 Å². The molecule has 1 saturated heterocycles. The SMILES string of the molecule is CCNC(C)c1ccc(N2CCCC2CC)cc1O. The minimum absolute atomic E-state index is 0.194. The van der Waals surface area contributed by atoms with E-state index in [9.17, 15) is 5.11 Å². The van der Waals surface area contributed by atoms with Gasteiger partial charge in [-0.3, -0.25) is 0 Å². The van der Waals surface area contributed by atoms with Gasteiger partial charge in [0.2, 0.25) is 0 Å². The van der Waals surface area contributed by atoms with Crippen LogP contribution in [0.3, 0.4) is 0 Å². The van der Waals surface area contributed by atoms with E-state index >= 15 is 0 Å². The van der Waals surface area contributed by atoms with E-state index in [0.29, 0.717) is 11.8 Å². The van der Waals surface area contributed by atoms with Crippen molar-refractivity contribution in [2.24, 2.45) is 0 Å². The Morgan fingerprint density at radius 2 is 2.21 bits per heavy atom. The monoisotopic (exact) mass is 262 g/mol. The molecule has 1 aliphatic heterocycles. The van der Waals surface area contributed by atoms with Crippen molar-refractivity contribution < 1.29 is 5.11 Å². The lowest BCUT2D eigenvalue weighted by Gasteiger charge is -2.27. The smallest absolute Gasteiger partial charge is 0.122 e. The molecule has 1 fully saturated rings. The Morgan fingerprint density at radius 3 is 2.84 bits per heavy atom. The molecule has 0 saturated carbocycles. The van der Waals surface area contributed by atoms with Crippen LogP contribution in [0.4, 0.5) is 5.69 Å². The number of benzene rings is 1. The zero-order chi connectivity index (χ0) is 13.8. The van der Waals surface area contributed by atoms with Crippen LogP contribution in [0.15, 0.2) is 18.2 Å². The predicted molar refractivity (Wildman–Crippen MR) is 80.9 cm³/mol. The first-order valence-corrected chi connectivity index (χ1v) is 7.50. The number of rotatable bonds is 5. The molecule has 0 spiro atoms. The quantitative estimate of drug-likeness (QED) is 0.853. The maximum absolute atomic E-state index is 10.2. The zero-order valence-corrected chi connectivity index (χ0v) is 12.3. The fraction of sp³-hybridized carbons (Fsp3) is 0.625. The Hall–Kier alpha value is -1.22. The molecule has 1 aliphatic rings. The molecule has 0 bridgehead atoms. The third kappa shape index (κ3) is 3.03.